The highest BCUT2D eigenvalue weighted by molar-refractivity contribution is 6.22. The molecule has 2 heterocycles. The number of hydrogen-bond acceptors (Lipinski definition) is 2. The molecule has 0 amide bonds. The van der Waals surface area contributed by atoms with E-state index in [9.17, 15) is 8.22 Å². The Morgan fingerprint density at radius 2 is 1.12 bits per heavy atom. The number of fused-ring (bicyclic) bond motifs is 8. The maximum atomic E-state index is 9.36. The van der Waals surface area contributed by atoms with Crippen LogP contribution in [-0.4, -0.2) is 0 Å². The van der Waals surface area contributed by atoms with Crippen LogP contribution in [0.2, 0.25) is 0 Å². The second kappa shape index (κ2) is 8.08. The Kier molecular flexibility index (Phi) is 2.39. The van der Waals surface area contributed by atoms with E-state index < -0.39 is 113 Å². The van der Waals surface area contributed by atoms with Gasteiger partial charge in [-0.05, 0) is 73.8 Å². The molecule has 0 aliphatic rings. The molecule has 9 rings (SSSR count). The van der Waals surface area contributed by atoms with Gasteiger partial charge in [0.15, 0.2) is 0 Å². The highest BCUT2D eigenvalue weighted by Crippen LogP contribution is 2.46. The van der Waals surface area contributed by atoms with Crippen molar-refractivity contribution in [2.75, 3.05) is 0 Å². The molecular weight excluding hydrogens is 488 g/mol. The van der Waals surface area contributed by atoms with E-state index >= 15 is 0 Å². The lowest BCUT2D eigenvalue weighted by molar-refractivity contribution is 0.632. The van der Waals surface area contributed by atoms with Crippen molar-refractivity contribution in [1.29, 1.82) is 0 Å². The van der Waals surface area contributed by atoms with Gasteiger partial charge in [0.25, 0.3) is 0 Å². The molecule has 0 saturated carbocycles. The van der Waals surface area contributed by atoms with Crippen LogP contribution in [0.5, 0.6) is 0 Å². The number of benzene rings is 7. The average Bonchev–Trinajstić information content (AvgIpc) is 3.78. The summed E-state index contributed by atoms with van der Waals surface area (Å²) in [7, 11) is 0. The molecule has 0 bridgehead atoms. The Morgan fingerprint density at radius 3 is 1.90 bits per heavy atom. The lowest BCUT2D eigenvalue weighted by Crippen LogP contribution is -1.90. The highest BCUT2D eigenvalue weighted by atomic mass is 16.3. The minimum absolute atomic E-state index is 0.0365. The van der Waals surface area contributed by atoms with E-state index in [0.717, 1.165) is 10.8 Å². The molecule has 0 spiro atoms. The zero-order chi connectivity index (χ0) is 39.3. The van der Waals surface area contributed by atoms with E-state index in [2.05, 4.69) is 0 Å². The van der Waals surface area contributed by atoms with Gasteiger partial charge in [0.2, 0.25) is 0 Å². The first-order chi connectivity index (χ1) is 26.1. The van der Waals surface area contributed by atoms with Crippen molar-refractivity contribution < 1.29 is 29.4 Å². The van der Waals surface area contributed by atoms with Crippen molar-refractivity contribution in [3.05, 3.63) is 133 Å². The van der Waals surface area contributed by atoms with Gasteiger partial charge in [-0.1, -0.05) is 103 Å². The summed E-state index contributed by atoms with van der Waals surface area (Å²) in [6, 6.07) is 2.06. The van der Waals surface area contributed by atoms with E-state index in [-0.39, 0.29) is 32.9 Å². The van der Waals surface area contributed by atoms with Crippen LogP contribution in [0.15, 0.2) is 142 Å². The molecule has 186 valence electrons. The summed E-state index contributed by atoms with van der Waals surface area (Å²) in [5, 5.41) is -0.0336. The normalized spacial score (nSPS) is 17.2. The standard InChI is InChI=1S/C38H22O2/c1-2-10-24-21-25(18-17-23(24)9-1)36-27-12-3-5-14-29(27)37(30-15-6-4-13-28(30)36)35-22-32-34(39-35)20-19-31-26-11-7-8-16-33(26)40-38(31)32/h1-22H/i1D,2D,3D,4D,5D,6D,9D,10D,12D,13D,14D,15D,17D,18D,21D. The molecule has 0 unspecified atom stereocenters. The predicted molar refractivity (Wildman–Crippen MR) is 167 cm³/mol. The average molecular weight is 526 g/mol. The van der Waals surface area contributed by atoms with Gasteiger partial charge >= 0.3 is 0 Å². The van der Waals surface area contributed by atoms with Gasteiger partial charge in [-0.3, -0.25) is 0 Å². The summed E-state index contributed by atoms with van der Waals surface area (Å²) in [4.78, 5) is 0. The van der Waals surface area contributed by atoms with Gasteiger partial charge in [0, 0.05) is 16.3 Å². The molecule has 0 aliphatic carbocycles. The van der Waals surface area contributed by atoms with Crippen LogP contribution in [0.25, 0.3) is 87.7 Å². The fourth-order valence-electron chi connectivity index (χ4n) is 5.45. The molecule has 7 aromatic carbocycles. The maximum absolute atomic E-state index is 9.36. The molecule has 2 heteroatoms. The molecule has 0 saturated heterocycles. The number of furan rings is 2. The Morgan fingerprint density at radius 1 is 0.475 bits per heavy atom. The van der Waals surface area contributed by atoms with E-state index in [4.69, 9.17) is 21.2 Å². The van der Waals surface area contributed by atoms with Crippen molar-refractivity contribution >= 4 is 65.2 Å². The summed E-state index contributed by atoms with van der Waals surface area (Å²) in [5.41, 5.74) is 0.305. The number of para-hydroxylation sites is 1. The first-order valence-electron chi connectivity index (χ1n) is 19.9. The van der Waals surface area contributed by atoms with Crippen LogP contribution in [0.1, 0.15) is 20.6 Å². The molecule has 0 aliphatic heterocycles. The summed E-state index contributed by atoms with van der Waals surface area (Å²) in [5.74, 6) is -0.0365. The van der Waals surface area contributed by atoms with E-state index in [1.54, 1.807) is 24.3 Å². The molecule has 40 heavy (non-hydrogen) atoms. The smallest absolute Gasteiger partial charge is 0.146 e. The Balaban J connectivity index is 1.57. The molecule has 0 radical (unpaired) electrons. The number of hydrogen-bond donors (Lipinski definition) is 0. The lowest BCUT2D eigenvalue weighted by atomic mass is 9.87. The van der Waals surface area contributed by atoms with Crippen molar-refractivity contribution in [1.82, 2.24) is 0 Å². The molecule has 0 atom stereocenters. The molecule has 9 aromatic rings. The van der Waals surface area contributed by atoms with Crippen molar-refractivity contribution in [3.63, 3.8) is 0 Å². The van der Waals surface area contributed by atoms with E-state index in [1.807, 2.05) is 18.2 Å². The van der Waals surface area contributed by atoms with Gasteiger partial charge < -0.3 is 8.83 Å². The Hall–Kier alpha value is -5.34. The third kappa shape index (κ3) is 2.99. The zero-order valence-electron chi connectivity index (χ0n) is 35.4. The van der Waals surface area contributed by atoms with Crippen molar-refractivity contribution in [2.45, 2.75) is 0 Å². The molecule has 2 aromatic heterocycles. The Bertz CT molecular complexity index is 3190. The van der Waals surface area contributed by atoms with Crippen LogP contribution in [0.3, 0.4) is 0 Å². The predicted octanol–water partition coefficient (Wildman–Crippen LogP) is 11.1. The zero-order valence-corrected chi connectivity index (χ0v) is 20.4. The van der Waals surface area contributed by atoms with E-state index in [0.29, 0.717) is 22.1 Å². The van der Waals surface area contributed by atoms with Gasteiger partial charge in [-0.2, -0.15) is 0 Å². The third-order valence-electron chi connectivity index (χ3n) is 7.16. The minimum atomic E-state index is -0.756. The summed E-state index contributed by atoms with van der Waals surface area (Å²) >= 11 is 0. The first-order valence-corrected chi connectivity index (χ1v) is 12.4. The summed E-state index contributed by atoms with van der Waals surface area (Å²) in [6.45, 7) is 0. The highest BCUT2D eigenvalue weighted by Gasteiger charge is 2.20. The molecule has 2 nitrogen and oxygen atoms in total. The fourth-order valence-corrected chi connectivity index (χ4v) is 5.45. The van der Waals surface area contributed by atoms with Crippen LogP contribution < -0.4 is 0 Å². The SMILES string of the molecule is [2H]c1c([2H])c([2H])c2c([2H])c(-c3c4c([2H])c([2H])c([2H])c([2H])c4c(-c4cc5c(ccc6c7ccccc7oc56)o4)c4c([2H])c([2H])c([2H])c([2H])c34)c([2H])c([2H])c2c1[2H]. The topological polar surface area (TPSA) is 26.3 Å². The Labute approximate surface area is 250 Å². The van der Waals surface area contributed by atoms with Crippen molar-refractivity contribution in [3.8, 4) is 22.5 Å². The second-order valence-corrected chi connectivity index (χ2v) is 9.31. The lowest BCUT2D eigenvalue weighted by Gasteiger charge is -2.16. The molecular formula is C38H22O2. The monoisotopic (exact) mass is 525 g/mol. The second-order valence-electron chi connectivity index (χ2n) is 9.31. The van der Waals surface area contributed by atoms with Crippen LogP contribution in [-0.2, 0) is 0 Å². The molecule has 0 N–H and O–H groups in total. The first kappa shape index (κ1) is 11.8. The summed E-state index contributed by atoms with van der Waals surface area (Å²) < 4.78 is 145. The largest absolute Gasteiger partial charge is 0.456 e. The van der Waals surface area contributed by atoms with Gasteiger partial charge in [-0.15, -0.1) is 0 Å². The third-order valence-corrected chi connectivity index (χ3v) is 7.16. The molecule has 0 fully saturated rings. The summed E-state index contributed by atoms with van der Waals surface area (Å²) in [6.07, 6.45) is 0. The maximum Gasteiger partial charge on any atom is 0.146 e. The number of rotatable bonds is 2. The quantitative estimate of drug-likeness (QED) is 0.210. The van der Waals surface area contributed by atoms with Crippen LogP contribution in [0.4, 0.5) is 0 Å². The van der Waals surface area contributed by atoms with Gasteiger partial charge in [0.05, 0.1) is 25.9 Å². The van der Waals surface area contributed by atoms with Gasteiger partial charge in [0.1, 0.15) is 22.5 Å². The van der Waals surface area contributed by atoms with Crippen molar-refractivity contribution in [2.24, 2.45) is 0 Å². The van der Waals surface area contributed by atoms with E-state index in [1.165, 1.54) is 0 Å². The fraction of sp³-hybridized carbons (Fsp3) is 0. The van der Waals surface area contributed by atoms with Crippen LogP contribution in [0, 0.1) is 0 Å². The van der Waals surface area contributed by atoms with Gasteiger partial charge in [-0.25, -0.2) is 0 Å². The van der Waals surface area contributed by atoms with Crippen LogP contribution >= 0.6 is 0 Å². The minimum Gasteiger partial charge on any atom is -0.456 e.